The minimum Gasteiger partial charge on any atom is -0.396 e. The minimum absolute atomic E-state index is 0.182. The Morgan fingerprint density at radius 3 is 2.73 bits per heavy atom. The quantitative estimate of drug-likeness (QED) is 0.648. The molecule has 0 bridgehead atoms. The van der Waals surface area contributed by atoms with Crippen LogP contribution in [0.3, 0.4) is 0 Å². The van der Waals surface area contributed by atoms with E-state index >= 15 is 0 Å². The number of benzene rings is 1. The summed E-state index contributed by atoms with van der Waals surface area (Å²) in [5, 5.41) is 12.5. The monoisotopic (exact) mass is 301 g/mol. The van der Waals surface area contributed by atoms with Crippen LogP contribution in [0, 0.1) is 5.92 Å². The lowest BCUT2D eigenvalue weighted by atomic mass is 10.00. The van der Waals surface area contributed by atoms with Crippen molar-refractivity contribution in [3.05, 3.63) is 42.0 Å². The molecular formula is C18H27N3O. The molecule has 1 aliphatic rings. The van der Waals surface area contributed by atoms with Crippen molar-refractivity contribution in [3.63, 3.8) is 0 Å². The van der Waals surface area contributed by atoms with Crippen molar-refractivity contribution in [3.8, 4) is 0 Å². The Balaban J connectivity index is 2.02. The van der Waals surface area contributed by atoms with E-state index in [1.807, 2.05) is 6.92 Å². The second-order valence-corrected chi connectivity index (χ2v) is 5.77. The molecule has 4 heteroatoms. The standard InChI is InChI=1S/C18H27N3O/c1-3-19-18(20-13-15(2)14-22)21-11-9-17(10-12-21)16-7-5-4-6-8-16/h4-9,15,22H,3,10-14H2,1-2H3,(H,19,20). The minimum atomic E-state index is 0.182. The maximum Gasteiger partial charge on any atom is 0.194 e. The van der Waals surface area contributed by atoms with Crippen LogP contribution in [0.2, 0.25) is 0 Å². The Labute approximate surface area is 133 Å². The first kappa shape index (κ1) is 16.6. The fraction of sp³-hybridized carbons (Fsp3) is 0.500. The van der Waals surface area contributed by atoms with Crippen LogP contribution < -0.4 is 5.32 Å². The summed E-state index contributed by atoms with van der Waals surface area (Å²) in [6, 6.07) is 10.6. The van der Waals surface area contributed by atoms with E-state index in [-0.39, 0.29) is 12.5 Å². The number of aliphatic imine (C=N–C) groups is 1. The zero-order chi connectivity index (χ0) is 15.8. The third-order valence-corrected chi connectivity index (χ3v) is 3.85. The highest BCUT2D eigenvalue weighted by Crippen LogP contribution is 2.21. The SMILES string of the molecule is CCNC(=NCC(C)CO)N1CC=C(c2ccccc2)CC1. The number of hydrogen-bond acceptors (Lipinski definition) is 2. The van der Waals surface area contributed by atoms with Crippen LogP contribution in [0.4, 0.5) is 0 Å². The summed E-state index contributed by atoms with van der Waals surface area (Å²) >= 11 is 0. The van der Waals surface area contributed by atoms with E-state index in [1.54, 1.807) is 0 Å². The molecule has 0 saturated heterocycles. The number of aliphatic hydroxyl groups excluding tert-OH is 1. The van der Waals surface area contributed by atoms with E-state index in [9.17, 15) is 0 Å². The van der Waals surface area contributed by atoms with Crippen molar-refractivity contribution in [1.82, 2.24) is 10.2 Å². The van der Waals surface area contributed by atoms with Gasteiger partial charge in [0.05, 0.1) is 0 Å². The summed E-state index contributed by atoms with van der Waals surface area (Å²) in [5.41, 5.74) is 2.73. The van der Waals surface area contributed by atoms with Gasteiger partial charge in [-0.1, -0.05) is 43.3 Å². The van der Waals surface area contributed by atoms with Gasteiger partial charge in [0.2, 0.25) is 0 Å². The van der Waals surface area contributed by atoms with Crippen LogP contribution in [-0.4, -0.2) is 48.8 Å². The average molecular weight is 301 g/mol. The largest absolute Gasteiger partial charge is 0.396 e. The third kappa shape index (κ3) is 4.60. The Hall–Kier alpha value is -1.81. The summed E-state index contributed by atoms with van der Waals surface area (Å²) in [6.07, 6.45) is 3.32. The molecule has 0 spiro atoms. The Morgan fingerprint density at radius 1 is 1.36 bits per heavy atom. The highest BCUT2D eigenvalue weighted by atomic mass is 16.3. The number of rotatable bonds is 5. The van der Waals surface area contributed by atoms with Gasteiger partial charge in [0.25, 0.3) is 0 Å². The Kier molecular flexibility index (Phi) is 6.46. The van der Waals surface area contributed by atoms with Gasteiger partial charge < -0.3 is 15.3 Å². The van der Waals surface area contributed by atoms with Crippen molar-refractivity contribution in [2.75, 3.05) is 32.8 Å². The van der Waals surface area contributed by atoms with Crippen molar-refractivity contribution < 1.29 is 5.11 Å². The van der Waals surface area contributed by atoms with Gasteiger partial charge in [-0.2, -0.15) is 0 Å². The van der Waals surface area contributed by atoms with E-state index in [1.165, 1.54) is 11.1 Å². The maximum atomic E-state index is 9.14. The number of hydrogen-bond donors (Lipinski definition) is 2. The molecule has 1 heterocycles. The van der Waals surface area contributed by atoms with Gasteiger partial charge in [0, 0.05) is 32.8 Å². The molecule has 0 fully saturated rings. The van der Waals surface area contributed by atoms with E-state index in [4.69, 9.17) is 5.11 Å². The lowest BCUT2D eigenvalue weighted by Gasteiger charge is -2.30. The predicted molar refractivity (Wildman–Crippen MR) is 92.8 cm³/mol. The van der Waals surface area contributed by atoms with Gasteiger partial charge in [-0.3, -0.25) is 4.99 Å². The molecule has 0 saturated carbocycles. The smallest absolute Gasteiger partial charge is 0.194 e. The number of nitrogens with one attached hydrogen (secondary N) is 1. The first-order valence-electron chi connectivity index (χ1n) is 8.13. The second-order valence-electron chi connectivity index (χ2n) is 5.77. The predicted octanol–water partition coefficient (Wildman–Crippen LogP) is 2.37. The number of nitrogens with zero attached hydrogens (tertiary/aromatic N) is 2. The van der Waals surface area contributed by atoms with Crippen molar-refractivity contribution in [1.29, 1.82) is 0 Å². The van der Waals surface area contributed by atoms with Crippen molar-refractivity contribution >= 4 is 11.5 Å². The van der Waals surface area contributed by atoms with Gasteiger partial charge in [-0.15, -0.1) is 0 Å². The van der Waals surface area contributed by atoms with Gasteiger partial charge in [0.15, 0.2) is 5.96 Å². The molecule has 0 aliphatic carbocycles. The molecule has 1 aromatic rings. The van der Waals surface area contributed by atoms with Gasteiger partial charge in [-0.25, -0.2) is 0 Å². The molecule has 1 aliphatic heterocycles. The van der Waals surface area contributed by atoms with E-state index in [0.717, 1.165) is 32.0 Å². The molecule has 2 rings (SSSR count). The summed E-state index contributed by atoms with van der Waals surface area (Å²) in [5.74, 6) is 1.15. The first-order chi connectivity index (χ1) is 10.7. The van der Waals surface area contributed by atoms with Crippen LogP contribution in [-0.2, 0) is 0 Å². The summed E-state index contributed by atoms with van der Waals surface area (Å²) < 4.78 is 0. The van der Waals surface area contributed by atoms with E-state index in [2.05, 4.69) is 58.5 Å². The molecule has 1 atom stereocenters. The lowest BCUT2D eigenvalue weighted by Crippen LogP contribution is -2.43. The first-order valence-corrected chi connectivity index (χ1v) is 8.13. The van der Waals surface area contributed by atoms with E-state index < -0.39 is 0 Å². The summed E-state index contributed by atoms with van der Waals surface area (Å²) in [7, 11) is 0. The normalized spacial score (nSPS) is 17.1. The highest BCUT2D eigenvalue weighted by molar-refractivity contribution is 5.81. The molecule has 0 amide bonds. The van der Waals surface area contributed by atoms with Gasteiger partial charge in [-0.05, 0) is 30.4 Å². The lowest BCUT2D eigenvalue weighted by molar-refractivity contribution is 0.241. The number of aliphatic hydroxyl groups is 1. The fourth-order valence-electron chi connectivity index (χ4n) is 2.50. The average Bonchev–Trinajstić information content (AvgIpc) is 2.59. The molecule has 1 aromatic carbocycles. The molecular weight excluding hydrogens is 274 g/mol. The Morgan fingerprint density at radius 2 is 2.14 bits per heavy atom. The van der Waals surface area contributed by atoms with Gasteiger partial charge in [0.1, 0.15) is 0 Å². The maximum absolute atomic E-state index is 9.14. The van der Waals surface area contributed by atoms with Crippen LogP contribution in [0.1, 0.15) is 25.8 Å². The molecule has 0 aromatic heterocycles. The summed E-state index contributed by atoms with van der Waals surface area (Å²) in [4.78, 5) is 6.93. The molecule has 1 unspecified atom stereocenters. The molecule has 2 N–H and O–H groups in total. The highest BCUT2D eigenvalue weighted by Gasteiger charge is 2.16. The number of guanidine groups is 1. The molecule has 22 heavy (non-hydrogen) atoms. The zero-order valence-corrected chi connectivity index (χ0v) is 13.6. The zero-order valence-electron chi connectivity index (χ0n) is 13.6. The van der Waals surface area contributed by atoms with Crippen LogP contribution in [0.25, 0.3) is 5.57 Å². The second kappa shape index (κ2) is 8.59. The summed E-state index contributed by atoms with van der Waals surface area (Å²) in [6.45, 7) is 7.64. The molecule has 0 radical (unpaired) electrons. The van der Waals surface area contributed by atoms with Crippen molar-refractivity contribution in [2.24, 2.45) is 10.9 Å². The van der Waals surface area contributed by atoms with Crippen LogP contribution >= 0.6 is 0 Å². The third-order valence-electron chi connectivity index (χ3n) is 3.85. The fourth-order valence-corrected chi connectivity index (χ4v) is 2.50. The Bertz CT molecular complexity index is 510. The molecule has 4 nitrogen and oxygen atoms in total. The van der Waals surface area contributed by atoms with Crippen LogP contribution in [0.5, 0.6) is 0 Å². The van der Waals surface area contributed by atoms with Crippen LogP contribution in [0.15, 0.2) is 41.4 Å². The van der Waals surface area contributed by atoms with E-state index in [0.29, 0.717) is 6.54 Å². The molecule has 120 valence electrons. The van der Waals surface area contributed by atoms with Gasteiger partial charge >= 0.3 is 0 Å². The van der Waals surface area contributed by atoms with Crippen molar-refractivity contribution in [2.45, 2.75) is 20.3 Å². The topological polar surface area (TPSA) is 47.9 Å².